The maximum atomic E-state index is 12.3. The average molecular weight is 381 g/mol. The maximum absolute atomic E-state index is 12.3. The highest BCUT2D eigenvalue weighted by molar-refractivity contribution is 5.80. The lowest BCUT2D eigenvalue weighted by atomic mass is 10.1. The molecule has 0 spiro atoms. The second-order valence-corrected chi connectivity index (χ2v) is 6.47. The fourth-order valence-electron chi connectivity index (χ4n) is 3.12. The van der Waals surface area contributed by atoms with E-state index in [1.807, 2.05) is 72.8 Å². The van der Waals surface area contributed by atoms with Crippen LogP contribution in [0.4, 0.5) is 11.7 Å². The zero-order chi connectivity index (χ0) is 19.6. The summed E-state index contributed by atoms with van der Waals surface area (Å²) in [7, 11) is 0. The molecule has 0 unspecified atom stereocenters. The predicted molar refractivity (Wildman–Crippen MR) is 111 cm³/mol. The van der Waals surface area contributed by atoms with Crippen LogP contribution in [-0.4, -0.2) is 10.2 Å². The van der Waals surface area contributed by atoms with Crippen LogP contribution in [0, 0.1) is 0 Å². The molecule has 0 fully saturated rings. The monoisotopic (exact) mass is 381 g/mol. The summed E-state index contributed by atoms with van der Waals surface area (Å²) in [6.07, 6.45) is 0. The standard InChI is InChI=1S/C23H15N3O3/c27-22-19(14-17-9-4-5-12-20(17)28-22)21-25-26-23(29-21)24-18-11-6-10-16(13-18)15-7-2-1-3-8-15/h1-14H,(H,24,26). The highest BCUT2D eigenvalue weighted by Gasteiger charge is 2.15. The van der Waals surface area contributed by atoms with E-state index in [0.717, 1.165) is 22.2 Å². The molecule has 3 aromatic carbocycles. The number of rotatable bonds is 4. The van der Waals surface area contributed by atoms with Crippen molar-refractivity contribution >= 4 is 22.7 Å². The third-order valence-electron chi connectivity index (χ3n) is 4.52. The van der Waals surface area contributed by atoms with E-state index in [1.165, 1.54) is 0 Å². The van der Waals surface area contributed by atoms with Crippen molar-refractivity contribution in [3.63, 3.8) is 0 Å². The lowest BCUT2D eigenvalue weighted by molar-refractivity contribution is 0.548. The summed E-state index contributed by atoms with van der Waals surface area (Å²) < 4.78 is 11.0. The van der Waals surface area contributed by atoms with Crippen molar-refractivity contribution < 1.29 is 8.83 Å². The molecular formula is C23H15N3O3. The first-order chi connectivity index (χ1) is 14.3. The Bertz CT molecular complexity index is 1360. The fraction of sp³-hybridized carbons (Fsp3) is 0. The molecule has 29 heavy (non-hydrogen) atoms. The van der Waals surface area contributed by atoms with Crippen LogP contribution >= 0.6 is 0 Å². The molecule has 5 aromatic rings. The van der Waals surface area contributed by atoms with E-state index < -0.39 is 5.63 Å². The molecule has 2 heterocycles. The number of para-hydroxylation sites is 1. The van der Waals surface area contributed by atoms with Crippen molar-refractivity contribution in [3.05, 3.63) is 95.3 Å². The second kappa shape index (κ2) is 7.09. The van der Waals surface area contributed by atoms with E-state index in [1.54, 1.807) is 12.1 Å². The SMILES string of the molecule is O=c1oc2ccccc2cc1-c1nnc(Nc2cccc(-c3ccccc3)c2)o1. The first-order valence-corrected chi connectivity index (χ1v) is 9.05. The minimum absolute atomic E-state index is 0.103. The van der Waals surface area contributed by atoms with Crippen LogP contribution in [0.3, 0.4) is 0 Å². The van der Waals surface area contributed by atoms with Gasteiger partial charge in [-0.15, -0.1) is 5.10 Å². The van der Waals surface area contributed by atoms with Crippen LogP contribution in [0.1, 0.15) is 0 Å². The quantitative estimate of drug-likeness (QED) is 0.428. The van der Waals surface area contributed by atoms with Gasteiger partial charge in [-0.1, -0.05) is 65.8 Å². The van der Waals surface area contributed by atoms with Gasteiger partial charge in [0.2, 0.25) is 0 Å². The van der Waals surface area contributed by atoms with E-state index in [9.17, 15) is 4.79 Å². The van der Waals surface area contributed by atoms with Gasteiger partial charge in [-0.2, -0.15) is 0 Å². The highest BCUT2D eigenvalue weighted by atomic mass is 16.4. The van der Waals surface area contributed by atoms with Crippen LogP contribution in [0.2, 0.25) is 0 Å². The zero-order valence-electron chi connectivity index (χ0n) is 15.2. The molecular weight excluding hydrogens is 366 g/mol. The van der Waals surface area contributed by atoms with E-state index in [4.69, 9.17) is 8.83 Å². The van der Waals surface area contributed by atoms with Gasteiger partial charge >= 0.3 is 11.6 Å². The van der Waals surface area contributed by atoms with Crippen molar-refractivity contribution in [2.45, 2.75) is 0 Å². The minimum atomic E-state index is -0.523. The van der Waals surface area contributed by atoms with Crippen LogP contribution in [-0.2, 0) is 0 Å². The van der Waals surface area contributed by atoms with Crippen LogP contribution < -0.4 is 10.9 Å². The molecule has 0 saturated carbocycles. The summed E-state index contributed by atoms with van der Waals surface area (Å²) in [4.78, 5) is 12.3. The maximum Gasteiger partial charge on any atom is 0.349 e. The first-order valence-electron chi connectivity index (χ1n) is 9.05. The number of nitrogens with zero attached hydrogens (tertiary/aromatic N) is 2. The third-order valence-corrected chi connectivity index (χ3v) is 4.52. The van der Waals surface area contributed by atoms with Crippen molar-refractivity contribution in [1.29, 1.82) is 0 Å². The molecule has 5 rings (SSSR count). The van der Waals surface area contributed by atoms with E-state index >= 15 is 0 Å². The Morgan fingerprint density at radius 2 is 1.52 bits per heavy atom. The smallest absolute Gasteiger partial charge is 0.349 e. The van der Waals surface area contributed by atoms with Gasteiger partial charge in [-0.25, -0.2) is 4.79 Å². The largest absolute Gasteiger partial charge is 0.422 e. The van der Waals surface area contributed by atoms with E-state index in [0.29, 0.717) is 5.58 Å². The molecule has 0 aliphatic rings. The van der Waals surface area contributed by atoms with Crippen LogP contribution in [0.25, 0.3) is 33.6 Å². The van der Waals surface area contributed by atoms with Gasteiger partial charge in [0.25, 0.3) is 5.89 Å². The molecule has 0 atom stereocenters. The lowest BCUT2D eigenvalue weighted by Gasteiger charge is -2.05. The fourth-order valence-corrected chi connectivity index (χ4v) is 3.12. The number of anilines is 2. The molecule has 0 aliphatic carbocycles. The van der Waals surface area contributed by atoms with Gasteiger partial charge in [0.05, 0.1) is 0 Å². The first kappa shape index (κ1) is 16.9. The number of aromatic nitrogens is 2. The van der Waals surface area contributed by atoms with E-state index in [2.05, 4.69) is 15.5 Å². The van der Waals surface area contributed by atoms with Crippen molar-refractivity contribution in [1.82, 2.24) is 10.2 Å². The Hall–Kier alpha value is -4.19. The average Bonchev–Trinajstić information content (AvgIpc) is 3.22. The molecule has 140 valence electrons. The van der Waals surface area contributed by atoms with Gasteiger partial charge in [0, 0.05) is 11.1 Å². The van der Waals surface area contributed by atoms with E-state index in [-0.39, 0.29) is 17.5 Å². The zero-order valence-corrected chi connectivity index (χ0v) is 15.2. The molecule has 0 saturated heterocycles. The normalized spacial score (nSPS) is 10.9. The molecule has 0 amide bonds. The summed E-state index contributed by atoms with van der Waals surface area (Å²) in [5.41, 5.74) is 3.18. The van der Waals surface area contributed by atoms with Crippen molar-refractivity contribution in [2.24, 2.45) is 0 Å². The van der Waals surface area contributed by atoms with Gasteiger partial charge in [-0.3, -0.25) is 0 Å². The Morgan fingerprint density at radius 3 is 2.41 bits per heavy atom. The molecule has 0 aliphatic heterocycles. The lowest BCUT2D eigenvalue weighted by Crippen LogP contribution is -2.02. The molecule has 6 heteroatoms. The van der Waals surface area contributed by atoms with Gasteiger partial charge in [-0.05, 0) is 35.4 Å². The minimum Gasteiger partial charge on any atom is -0.422 e. The summed E-state index contributed by atoms with van der Waals surface area (Å²) >= 11 is 0. The number of hydrogen-bond donors (Lipinski definition) is 1. The Morgan fingerprint density at radius 1 is 0.724 bits per heavy atom. The second-order valence-electron chi connectivity index (χ2n) is 6.47. The van der Waals surface area contributed by atoms with Crippen molar-refractivity contribution in [2.75, 3.05) is 5.32 Å². The summed E-state index contributed by atoms with van der Waals surface area (Å²) in [5, 5.41) is 11.9. The number of hydrogen-bond acceptors (Lipinski definition) is 6. The predicted octanol–water partition coefficient (Wildman–Crippen LogP) is 5.25. The Labute approximate surface area is 165 Å². The highest BCUT2D eigenvalue weighted by Crippen LogP contribution is 2.26. The van der Waals surface area contributed by atoms with Crippen molar-refractivity contribution in [3.8, 4) is 22.6 Å². The third kappa shape index (κ3) is 3.39. The van der Waals surface area contributed by atoms with Crippen LogP contribution in [0.15, 0.2) is 98.6 Å². The van der Waals surface area contributed by atoms with Gasteiger partial charge < -0.3 is 14.2 Å². The molecule has 0 bridgehead atoms. The summed E-state index contributed by atoms with van der Waals surface area (Å²) in [5.74, 6) is 0.103. The van der Waals surface area contributed by atoms with Crippen LogP contribution in [0.5, 0.6) is 0 Å². The topological polar surface area (TPSA) is 81.2 Å². The Balaban J connectivity index is 1.44. The number of nitrogens with one attached hydrogen (secondary N) is 1. The molecule has 2 aromatic heterocycles. The summed E-state index contributed by atoms with van der Waals surface area (Å²) in [6, 6.07) is 27.1. The van der Waals surface area contributed by atoms with Gasteiger partial charge in [0.15, 0.2) is 0 Å². The van der Waals surface area contributed by atoms with Gasteiger partial charge in [0.1, 0.15) is 11.1 Å². The number of benzene rings is 3. The molecule has 6 nitrogen and oxygen atoms in total. The summed E-state index contributed by atoms with van der Waals surface area (Å²) in [6.45, 7) is 0. The molecule has 1 N–H and O–H groups in total. The molecule has 0 radical (unpaired) electrons. The Kier molecular flexibility index (Phi) is 4.14. The number of fused-ring (bicyclic) bond motifs is 1.